The molecule has 4 heteroatoms. The van der Waals surface area contributed by atoms with Gasteiger partial charge in [-0.3, -0.25) is 9.97 Å². The minimum Gasteiger partial charge on any atom is -0.253 e. The molecule has 0 unspecified atom stereocenters. The van der Waals surface area contributed by atoms with Crippen LogP contribution in [0.5, 0.6) is 0 Å². The third-order valence-electron chi connectivity index (χ3n) is 3.44. The molecule has 20 heavy (non-hydrogen) atoms. The number of hydrogen-bond donors (Lipinski definition) is 0. The van der Waals surface area contributed by atoms with Gasteiger partial charge in [0.15, 0.2) is 0 Å². The van der Waals surface area contributed by atoms with Gasteiger partial charge in [-0.15, -0.1) is 0 Å². The molecule has 0 bridgehead atoms. The molecule has 0 fully saturated rings. The van der Waals surface area contributed by atoms with E-state index in [-0.39, 0.29) is 0 Å². The lowest BCUT2D eigenvalue weighted by Gasteiger charge is -2.09. The first-order valence-corrected chi connectivity index (χ1v) is 7.74. The first kappa shape index (κ1) is 12.2. The molecule has 0 saturated heterocycles. The molecule has 2 heterocycles. The van der Waals surface area contributed by atoms with Crippen molar-refractivity contribution in [2.24, 2.45) is 0 Å². The van der Waals surface area contributed by atoms with Crippen LogP contribution in [0.2, 0.25) is 0 Å². The van der Waals surface area contributed by atoms with Crippen molar-refractivity contribution in [1.82, 2.24) is 9.97 Å². The number of nitrogens with zero attached hydrogens (tertiary/aromatic N) is 2. The largest absolute Gasteiger partial charge is 0.253 e. The van der Waals surface area contributed by atoms with Crippen molar-refractivity contribution in [3.8, 4) is 0 Å². The summed E-state index contributed by atoms with van der Waals surface area (Å²) >= 11 is 7.01. The lowest BCUT2D eigenvalue weighted by Crippen LogP contribution is -1.88. The van der Waals surface area contributed by atoms with E-state index in [1.807, 2.05) is 12.4 Å². The van der Waals surface area contributed by atoms with Gasteiger partial charge in [0.1, 0.15) is 0 Å². The van der Waals surface area contributed by atoms with Crippen LogP contribution in [0.15, 0.2) is 57.7 Å². The summed E-state index contributed by atoms with van der Waals surface area (Å²) in [5.41, 5.74) is 1.88. The van der Waals surface area contributed by atoms with Crippen LogP contribution in [0.4, 0.5) is 0 Å². The normalized spacial score (nSPS) is 11.5. The number of aromatic nitrogens is 2. The molecule has 0 N–H and O–H groups in total. The molecule has 0 spiro atoms. The maximum Gasteiger partial charge on any atom is 0.0971 e. The molecule has 0 aliphatic rings. The monoisotopic (exact) mass is 386 g/mol. The molecule has 4 rings (SSSR count). The fraction of sp³-hybridized carbons (Fsp3) is 0. The minimum atomic E-state index is 0.939. The lowest BCUT2D eigenvalue weighted by atomic mass is 10.0. The standard InChI is InChI=1S/C16H8Br2N2/c17-9-5-13-11-3-1-2-4-12(11)14-6-10(18)8-20-16(14)15(13)19-7-9/h1-8H. The Morgan fingerprint density at radius 3 is 1.55 bits per heavy atom. The Hall–Kier alpha value is -1.52. The van der Waals surface area contributed by atoms with Crippen molar-refractivity contribution < 1.29 is 0 Å². The summed E-state index contributed by atoms with van der Waals surface area (Å²) in [6.45, 7) is 0. The maximum atomic E-state index is 4.56. The number of fused-ring (bicyclic) bond motifs is 6. The number of rotatable bonds is 0. The van der Waals surface area contributed by atoms with E-state index in [0.29, 0.717) is 0 Å². The second-order valence-electron chi connectivity index (χ2n) is 4.64. The summed E-state index contributed by atoms with van der Waals surface area (Å²) in [7, 11) is 0. The van der Waals surface area contributed by atoms with Crippen molar-refractivity contribution in [3.63, 3.8) is 0 Å². The van der Waals surface area contributed by atoms with Gasteiger partial charge in [0.2, 0.25) is 0 Å². The number of benzene rings is 2. The fourth-order valence-electron chi connectivity index (χ4n) is 2.62. The van der Waals surface area contributed by atoms with Crippen LogP contribution in [0, 0.1) is 0 Å². The van der Waals surface area contributed by atoms with E-state index in [9.17, 15) is 0 Å². The molecule has 0 aliphatic heterocycles. The van der Waals surface area contributed by atoms with Gasteiger partial charge < -0.3 is 0 Å². The molecule has 2 nitrogen and oxygen atoms in total. The Kier molecular flexibility index (Phi) is 2.75. The van der Waals surface area contributed by atoms with Crippen molar-refractivity contribution in [1.29, 1.82) is 0 Å². The van der Waals surface area contributed by atoms with Crippen molar-refractivity contribution in [2.75, 3.05) is 0 Å². The maximum absolute atomic E-state index is 4.56. The van der Waals surface area contributed by atoms with Crippen LogP contribution in [-0.2, 0) is 0 Å². The molecule has 0 aliphatic carbocycles. The van der Waals surface area contributed by atoms with Gasteiger partial charge in [0.05, 0.1) is 11.0 Å². The zero-order valence-corrected chi connectivity index (χ0v) is 13.4. The van der Waals surface area contributed by atoms with Gasteiger partial charge in [0, 0.05) is 32.1 Å². The Bertz CT molecular complexity index is 879. The van der Waals surface area contributed by atoms with Gasteiger partial charge in [-0.25, -0.2) is 0 Å². The highest BCUT2D eigenvalue weighted by Crippen LogP contribution is 2.34. The van der Waals surface area contributed by atoms with Gasteiger partial charge in [-0.1, -0.05) is 24.3 Å². The predicted octanol–water partition coefficient (Wildman–Crippen LogP) is 5.46. The van der Waals surface area contributed by atoms with E-state index >= 15 is 0 Å². The topological polar surface area (TPSA) is 25.8 Å². The summed E-state index contributed by atoms with van der Waals surface area (Å²) in [4.78, 5) is 9.13. The van der Waals surface area contributed by atoms with Crippen molar-refractivity contribution in [3.05, 3.63) is 57.7 Å². The Morgan fingerprint density at radius 2 is 1.10 bits per heavy atom. The molecule has 4 aromatic rings. The van der Waals surface area contributed by atoms with E-state index < -0.39 is 0 Å². The lowest BCUT2D eigenvalue weighted by molar-refractivity contribution is 1.36. The Balaban J connectivity index is 2.40. The van der Waals surface area contributed by atoms with Gasteiger partial charge in [-0.05, 0) is 54.8 Å². The minimum absolute atomic E-state index is 0.939. The van der Waals surface area contributed by atoms with E-state index in [0.717, 1.165) is 30.8 Å². The Labute approximate surface area is 132 Å². The summed E-state index contributed by atoms with van der Waals surface area (Å²) in [5.74, 6) is 0. The van der Waals surface area contributed by atoms with Gasteiger partial charge in [-0.2, -0.15) is 0 Å². The van der Waals surface area contributed by atoms with Crippen molar-refractivity contribution in [2.45, 2.75) is 0 Å². The van der Waals surface area contributed by atoms with Crippen LogP contribution in [0.3, 0.4) is 0 Å². The molecule has 2 aromatic heterocycles. The quantitative estimate of drug-likeness (QED) is 0.374. The zero-order chi connectivity index (χ0) is 13.7. The van der Waals surface area contributed by atoms with E-state index in [4.69, 9.17) is 0 Å². The number of pyridine rings is 2. The number of hydrogen-bond acceptors (Lipinski definition) is 2. The van der Waals surface area contributed by atoms with Gasteiger partial charge >= 0.3 is 0 Å². The van der Waals surface area contributed by atoms with E-state index in [1.165, 1.54) is 10.8 Å². The van der Waals surface area contributed by atoms with Crippen LogP contribution in [-0.4, -0.2) is 9.97 Å². The summed E-state index contributed by atoms with van der Waals surface area (Å²) in [6, 6.07) is 12.6. The molecule has 0 saturated carbocycles. The molecular weight excluding hydrogens is 380 g/mol. The van der Waals surface area contributed by atoms with Crippen LogP contribution >= 0.6 is 31.9 Å². The first-order chi connectivity index (χ1) is 9.74. The van der Waals surface area contributed by atoms with E-state index in [2.05, 4.69) is 78.2 Å². The average molecular weight is 388 g/mol. The third-order valence-corrected chi connectivity index (χ3v) is 4.31. The molecular formula is C16H8Br2N2. The second kappa shape index (κ2) is 4.50. The Morgan fingerprint density at radius 1 is 0.650 bits per heavy atom. The van der Waals surface area contributed by atoms with Crippen molar-refractivity contribution >= 4 is 64.4 Å². The number of halogens is 2. The van der Waals surface area contributed by atoms with E-state index in [1.54, 1.807) is 0 Å². The first-order valence-electron chi connectivity index (χ1n) is 6.15. The highest BCUT2D eigenvalue weighted by atomic mass is 79.9. The van der Waals surface area contributed by atoms with Crippen LogP contribution in [0.1, 0.15) is 0 Å². The summed E-state index contributed by atoms with van der Waals surface area (Å²) in [5, 5.41) is 4.64. The highest BCUT2D eigenvalue weighted by molar-refractivity contribution is 9.10. The van der Waals surface area contributed by atoms with Gasteiger partial charge in [0.25, 0.3) is 0 Å². The SMILES string of the molecule is Brc1cnc2c(c1)c1ccccc1c1cc(Br)cnc12. The highest BCUT2D eigenvalue weighted by Gasteiger charge is 2.10. The van der Waals surface area contributed by atoms with Crippen LogP contribution in [0.25, 0.3) is 32.6 Å². The summed E-state index contributed by atoms with van der Waals surface area (Å²) < 4.78 is 1.96. The second-order valence-corrected chi connectivity index (χ2v) is 6.48. The molecule has 0 amide bonds. The fourth-order valence-corrected chi connectivity index (χ4v) is 3.28. The molecule has 0 atom stereocenters. The van der Waals surface area contributed by atoms with Crippen LogP contribution < -0.4 is 0 Å². The molecule has 0 radical (unpaired) electrons. The zero-order valence-electron chi connectivity index (χ0n) is 10.3. The molecule has 2 aromatic carbocycles. The predicted molar refractivity (Wildman–Crippen MR) is 90.0 cm³/mol. The molecule has 96 valence electrons. The smallest absolute Gasteiger partial charge is 0.0971 e. The third kappa shape index (κ3) is 1.75. The average Bonchev–Trinajstić information content (AvgIpc) is 2.47. The summed E-state index contributed by atoms with van der Waals surface area (Å²) in [6.07, 6.45) is 3.64.